The molecule has 0 unspecified atom stereocenters. The molecule has 0 aromatic heterocycles. The van der Waals surface area contributed by atoms with Crippen LogP contribution in [0.5, 0.6) is 23.0 Å². The van der Waals surface area contributed by atoms with Gasteiger partial charge < -0.3 is 25.2 Å². The third-order valence-corrected chi connectivity index (χ3v) is 5.42. The third-order valence-electron chi connectivity index (χ3n) is 5.42. The highest BCUT2D eigenvalue weighted by atomic mass is 16.5. The molecule has 1 heterocycles. The van der Waals surface area contributed by atoms with Gasteiger partial charge in [0.05, 0.1) is 12.5 Å². The number of aliphatic hydroxyl groups is 1. The summed E-state index contributed by atoms with van der Waals surface area (Å²) >= 11 is 0. The van der Waals surface area contributed by atoms with E-state index in [1.54, 1.807) is 19.1 Å². The summed E-state index contributed by atoms with van der Waals surface area (Å²) in [4.78, 5) is 12.9. The van der Waals surface area contributed by atoms with Gasteiger partial charge in [-0.2, -0.15) is 0 Å². The summed E-state index contributed by atoms with van der Waals surface area (Å²) in [5.41, 5.74) is 3.29. The number of phenolic OH excluding ortho intramolecular Hbond substituents is 3. The molecule has 2 aromatic carbocycles. The van der Waals surface area contributed by atoms with E-state index in [4.69, 9.17) is 4.74 Å². The highest BCUT2D eigenvalue weighted by molar-refractivity contribution is 6.03. The maximum atomic E-state index is 12.9. The van der Waals surface area contributed by atoms with Crippen LogP contribution < -0.4 is 4.74 Å². The summed E-state index contributed by atoms with van der Waals surface area (Å²) < 4.78 is 6.13. The Morgan fingerprint density at radius 2 is 1.87 bits per heavy atom. The van der Waals surface area contributed by atoms with E-state index < -0.39 is 12.2 Å². The van der Waals surface area contributed by atoms with E-state index in [2.05, 4.69) is 6.58 Å². The lowest BCUT2D eigenvalue weighted by Crippen LogP contribution is -2.22. The number of fused-ring (bicyclic) bond motifs is 1. The Hall–Kier alpha value is -3.25. The number of Topliss-reactive ketones (excluding diaryl/α,β-unsaturated/α-hetero) is 1. The highest BCUT2D eigenvalue weighted by Gasteiger charge is 2.33. The van der Waals surface area contributed by atoms with Crippen molar-refractivity contribution in [1.29, 1.82) is 0 Å². The van der Waals surface area contributed by atoms with E-state index in [1.165, 1.54) is 12.1 Å². The van der Waals surface area contributed by atoms with E-state index in [9.17, 15) is 25.2 Å². The van der Waals surface area contributed by atoms with Crippen LogP contribution in [0.2, 0.25) is 0 Å². The van der Waals surface area contributed by atoms with Gasteiger partial charge in [0, 0.05) is 18.1 Å². The van der Waals surface area contributed by atoms with E-state index in [1.807, 2.05) is 19.9 Å². The quantitative estimate of drug-likeness (QED) is 0.509. The van der Waals surface area contributed by atoms with Gasteiger partial charge in [0.25, 0.3) is 0 Å². The van der Waals surface area contributed by atoms with E-state index in [0.29, 0.717) is 28.7 Å². The Morgan fingerprint density at radius 3 is 2.52 bits per heavy atom. The SMILES string of the molecule is C=C(C)[C@H](O)Cc1cc([C@@H]2CC(=O)c3c(O)cc(O)c(CC=C(C)C)c3O2)ccc1O. The number of hydrogen-bond donors (Lipinski definition) is 4. The zero-order valence-corrected chi connectivity index (χ0v) is 18.0. The first-order valence-corrected chi connectivity index (χ1v) is 10.1. The number of allylic oxidation sites excluding steroid dienone is 2. The van der Waals surface area contributed by atoms with Crippen molar-refractivity contribution < 1.29 is 30.0 Å². The predicted molar refractivity (Wildman–Crippen MR) is 118 cm³/mol. The molecule has 4 N–H and O–H groups in total. The Labute approximate surface area is 181 Å². The molecule has 1 aliphatic heterocycles. The van der Waals surface area contributed by atoms with Crippen molar-refractivity contribution in [3.63, 3.8) is 0 Å². The molecule has 0 saturated carbocycles. The van der Waals surface area contributed by atoms with Crippen LogP contribution in [0.15, 0.2) is 48.1 Å². The molecule has 1 aliphatic rings. The summed E-state index contributed by atoms with van der Waals surface area (Å²) in [6.45, 7) is 9.29. The van der Waals surface area contributed by atoms with Gasteiger partial charge in [-0.05, 0) is 50.5 Å². The molecule has 0 radical (unpaired) electrons. The summed E-state index contributed by atoms with van der Waals surface area (Å²) in [7, 11) is 0. The molecule has 164 valence electrons. The van der Waals surface area contributed by atoms with Crippen molar-refractivity contribution >= 4 is 5.78 Å². The molecule has 0 aliphatic carbocycles. The van der Waals surface area contributed by atoms with Gasteiger partial charge in [0.2, 0.25) is 0 Å². The van der Waals surface area contributed by atoms with Gasteiger partial charge in [-0.25, -0.2) is 0 Å². The largest absolute Gasteiger partial charge is 0.508 e. The Morgan fingerprint density at radius 1 is 1.16 bits per heavy atom. The molecule has 2 aromatic rings. The number of carbonyl (C=O) groups is 1. The molecular weight excluding hydrogens is 396 g/mol. The van der Waals surface area contributed by atoms with Crippen molar-refractivity contribution in [2.24, 2.45) is 0 Å². The first-order valence-electron chi connectivity index (χ1n) is 10.1. The standard InChI is InChI=1S/C25H28O6/c1-13(2)5-7-17-20(28)11-21(29)24-22(30)12-23(31-25(17)24)15-6-8-18(26)16(9-15)10-19(27)14(3)4/h5-6,8-9,11,19,23,26-29H,3,7,10,12H2,1-2,4H3/t19-,23+/m1/s1. The zero-order valence-electron chi connectivity index (χ0n) is 18.0. The van der Waals surface area contributed by atoms with Crippen LogP contribution in [0.3, 0.4) is 0 Å². The number of hydrogen-bond acceptors (Lipinski definition) is 6. The summed E-state index contributed by atoms with van der Waals surface area (Å²) in [5, 5.41) is 41.0. The molecule has 0 spiro atoms. The Balaban J connectivity index is 2.01. The fourth-order valence-electron chi connectivity index (χ4n) is 3.57. The molecule has 0 bridgehead atoms. The van der Waals surface area contributed by atoms with E-state index in [0.717, 1.165) is 5.57 Å². The normalized spacial score (nSPS) is 16.3. The number of ketones is 1. The van der Waals surface area contributed by atoms with Crippen LogP contribution in [0.25, 0.3) is 0 Å². The number of carbonyl (C=O) groups excluding carboxylic acids is 1. The molecule has 0 amide bonds. The van der Waals surface area contributed by atoms with Crippen LogP contribution in [-0.4, -0.2) is 32.3 Å². The van der Waals surface area contributed by atoms with Gasteiger partial charge in [-0.15, -0.1) is 0 Å². The second-order valence-electron chi connectivity index (χ2n) is 8.27. The number of rotatable bonds is 6. The molecular formula is C25H28O6. The van der Waals surface area contributed by atoms with Gasteiger partial charge in [0.1, 0.15) is 34.7 Å². The number of phenols is 3. The van der Waals surface area contributed by atoms with E-state index >= 15 is 0 Å². The summed E-state index contributed by atoms with van der Waals surface area (Å²) in [5.74, 6) is -0.538. The average molecular weight is 424 g/mol. The maximum absolute atomic E-state index is 12.9. The predicted octanol–water partition coefficient (Wildman–Crippen LogP) is 4.50. The van der Waals surface area contributed by atoms with E-state index in [-0.39, 0.29) is 47.2 Å². The van der Waals surface area contributed by atoms with Crippen LogP contribution in [-0.2, 0) is 12.8 Å². The van der Waals surface area contributed by atoms with Crippen LogP contribution in [0.1, 0.15) is 60.3 Å². The van der Waals surface area contributed by atoms with Crippen molar-refractivity contribution in [3.05, 3.63) is 70.3 Å². The lowest BCUT2D eigenvalue weighted by Gasteiger charge is -2.28. The molecule has 31 heavy (non-hydrogen) atoms. The van der Waals surface area contributed by atoms with Gasteiger partial charge in [-0.1, -0.05) is 29.9 Å². The van der Waals surface area contributed by atoms with Crippen molar-refractivity contribution in [2.75, 3.05) is 0 Å². The zero-order chi connectivity index (χ0) is 22.9. The van der Waals surface area contributed by atoms with Crippen molar-refractivity contribution in [3.8, 4) is 23.0 Å². The summed E-state index contributed by atoms with van der Waals surface area (Å²) in [6.07, 6.45) is 0.970. The first-order chi connectivity index (χ1) is 14.6. The molecule has 2 atom stereocenters. The second kappa shape index (κ2) is 8.86. The number of ether oxygens (including phenoxy) is 1. The highest BCUT2D eigenvalue weighted by Crippen LogP contribution is 2.45. The lowest BCUT2D eigenvalue weighted by atomic mass is 9.91. The van der Waals surface area contributed by atoms with Gasteiger partial charge in [0.15, 0.2) is 5.78 Å². The second-order valence-corrected chi connectivity index (χ2v) is 8.27. The van der Waals surface area contributed by atoms with Crippen LogP contribution >= 0.6 is 0 Å². The fraction of sp³-hybridized carbons (Fsp3) is 0.320. The van der Waals surface area contributed by atoms with Crippen molar-refractivity contribution in [1.82, 2.24) is 0 Å². The molecule has 6 nitrogen and oxygen atoms in total. The number of aromatic hydroxyl groups is 3. The van der Waals surface area contributed by atoms with Gasteiger partial charge in [-0.3, -0.25) is 4.79 Å². The smallest absolute Gasteiger partial charge is 0.174 e. The van der Waals surface area contributed by atoms with Crippen LogP contribution in [0.4, 0.5) is 0 Å². The number of benzene rings is 2. The minimum atomic E-state index is -0.805. The summed E-state index contributed by atoms with van der Waals surface area (Å²) in [6, 6.07) is 6.03. The Kier molecular flexibility index (Phi) is 6.41. The minimum Gasteiger partial charge on any atom is -0.508 e. The first kappa shape index (κ1) is 22.4. The monoisotopic (exact) mass is 424 g/mol. The Bertz CT molecular complexity index is 1060. The van der Waals surface area contributed by atoms with Gasteiger partial charge >= 0.3 is 0 Å². The topological polar surface area (TPSA) is 107 Å². The maximum Gasteiger partial charge on any atom is 0.174 e. The molecule has 0 saturated heterocycles. The number of aliphatic hydroxyl groups excluding tert-OH is 1. The lowest BCUT2D eigenvalue weighted by molar-refractivity contribution is 0.0842. The fourth-order valence-corrected chi connectivity index (χ4v) is 3.57. The van der Waals surface area contributed by atoms with Crippen LogP contribution in [0, 0.1) is 0 Å². The minimum absolute atomic E-state index is 0.000670. The molecule has 3 rings (SSSR count). The molecule has 0 fully saturated rings. The molecule has 6 heteroatoms. The van der Waals surface area contributed by atoms with Crippen molar-refractivity contribution in [2.45, 2.75) is 52.2 Å². The average Bonchev–Trinajstić information content (AvgIpc) is 2.68. The third kappa shape index (κ3) is 4.75.